The molecule has 1 spiro atoms. The van der Waals surface area contributed by atoms with Crippen LogP contribution in [0, 0.1) is 35.0 Å². The third-order valence-corrected chi connectivity index (χ3v) is 13.5. The van der Waals surface area contributed by atoms with E-state index in [9.17, 15) is 9.90 Å². The fraction of sp³-hybridized carbons (Fsp3) is 0.718. The summed E-state index contributed by atoms with van der Waals surface area (Å²) in [6.07, 6.45) is 14.9. The van der Waals surface area contributed by atoms with E-state index in [1.54, 1.807) is 16.7 Å². The van der Waals surface area contributed by atoms with E-state index >= 15 is 0 Å². The summed E-state index contributed by atoms with van der Waals surface area (Å²) >= 11 is 0. The van der Waals surface area contributed by atoms with E-state index < -0.39 is 0 Å². The molecule has 7 rings (SSSR count). The number of allylic oxidation sites excluding steroid dienone is 2. The van der Waals surface area contributed by atoms with Gasteiger partial charge in [-0.25, -0.2) is 0 Å². The summed E-state index contributed by atoms with van der Waals surface area (Å²) in [4.78, 5) is 15.5. The van der Waals surface area contributed by atoms with E-state index in [0.29, 0.717) is 48.5 Å². The summed E-state index contributed by atoms with van der Waals surface area (Å²) in [5.74, 6) is 3.71. The molecule has 10 atom stereocenters. The Hall–Kier alpha value is -1.75. The first-order valence-corrected chi connectivity index (χ1v) is 17.7. The zero-order chi connectivity index (χ0) is 29.9. The van der Waals surface area contributed by atoms with E-state index in [1.165, 1.54) is 24.8 Å². The van der Waals surface area contributed by atoms with E-state index in [1.807, 2.05) is 6.07 Å². The highest BCUT2D eigenvalue weighted by Crippen LogP contribution is 2.65. The zero-order valence-corrected chi connectivity index (χ0v) is 27.2. The van der Waals surface area contributed by atoms with Crippen LogP contribution in [-0.4, -0.2) is 52.7 Å². The molecule has 2 saturated heterocycles. The van der Waals surface area contributed by atoms with E-state index in [4.69, 9.17) is 4.74 Å². The molecule has 4 aliphatic carbocycles. The molecule has 0 amide bonds. The number of ketones is 1. The Balaban J connectivity index is 1.04. The fourth-order valence-corrected chi connectivity index (χ4v) is 11.3. The van der Waals surface area contributed by atoms with Crippen LogP contribution in [0.3, 0.4) is 0 Å². The quantitative estimate of drug-likeness (QED) is 0.333. The number of hydrogen-bond donors (Lipinski definition) is 1. The number of aliphatic hydroxyl groups excluding tert-OH is 1. The number of aliphatic hydroxyl groups is 1. The molecular weight excluding hydrogens is 530 g/mol. The highest BCUT2D eigenvalue weighted by Gasteiger charge is 2.61. The Morgan fingerprint density at radius 3 is 2.72 bits per heavy atom. The number of carbonyl (C=O) groups excluding carboxylic acids is 1. The Kier molecular flexibility index (Phi) is 8.04. The molecule has 43 heavy (non-hydrogen) atoms. The van der Waals surface area contributed by atoms with Crippen molar-refractivity contribution >= 4 is 5.78 Å². The van der Waals surface area contributed by atoms with Crippen molar-refractivity contribution in [2.24, 2.45) is 35.0 Å². The standard InChI is InChI=1S/C39H55NO3/c1-25-21-36-37(40(24-25)20-8-11-30(41)14-12-28-9-6-5-7-10-28)27(3)39(43-36)19-17-32-33-15-13-29-22-31(42)16-18-38(29,4)35(33)23-34(32)26(39)2/h5-7,9-10,13,25,27,31-33,35-37,42H,8,11-12,14-24H2,1-4H3/t25-,27+,31-,32-,33-,35-,36+,37-,38-,39-/m0/s1. The molecule has 1 aromatic carbocycles. The van der Waals surface area contributed by atoms with Gasteiger partial charge in [-0.1, -0.05) is 68.3 Å². The van der Waals surface area contributed by atoms with E-state index in [0.717, 1.165) is 69.9 Å². The number of carbonyl (C=O) groups is 1. The number of aryl methyl sites for hydroxylation is 1. The molecule has 4 fully saturated rings. The van der Waals surface area contributed by atoms with E-state index in [-0.39, 0.29) is 17.1 Å². The maximum absolute atomic E-state index is 12.8. The van der Waals surface area contributed by atoms with Crippen LogP contribution < -0.4 is 0 Å². The van der Waals surface area contributed by atoms with Gasteiger partial charge in [-0.3, -0.25) is 9.69 Å². The normalized spacial score (nSPS) is 42.3. The third-order valence-electron chi connectivity index (χ3n) is 13.5. The van der Waals surface area contributed by atoms with Crippen LogP contribution >= 0.6 is 0 Å². The van der Waals surface area contributed by atoms with Gasteiger partial charge in [-0.05, 0) is 118 Å². The smallest absolute Gasteiger partial charge is 0.133 e. The van der Waals surface area contributed by atoms with Gasteiger partial charge in [0.05, 0.1) is 17.8 Å². The second kappa shape index (κ2) is 11.6. The largest absolute Gasteiger partial charge is 0.393 e. The number of ether oxygens (including phenoxy) is 1. The minimum atomic E-state index is -0.141. The van der Waals surface area contributed by atoms with Gasteiger partial charge in [-0.15, -0.1) is 0 Å². The lowest BCUT2D eigenvalue weighted by atomic mass is 9.56. The van der Waals surface area contributed by atoms with Crippen molar-refractivity contribution in [3.05, 3.63) is 58.7 Å². The van der Waals surface area contributed by atoms with Gasteiger partial charge in [0, 0.05) is 31.3 Å². The third kappa shape index (κ3) is 5.12. The summed E-state index contributed by atoms with van der Waals surface area (Å²) < 4.78 is 7.33. The number of likely N-dealkylation sites (tertiary alicyclic amines) is 1. The molecular formula is C39H55NO3. The fourth-order valence-electron chi connectivity index (χ4n) is 11.3. The number of benzene rings is 1. The van der Waals surface area contributed by atoms with Crippen LogP contribution in [0.1, 0.15) is 104 Å². The molecule has 2 aliphatic heterocycles. The van der Waals surface area contributed by atoms with E-state index in [2.05, 4.69) is 62.9 Å². The lowest BCUT2D eigenvalue weighted by Gasteiger charge is -2.49. The highest BCUT2D eigenvalue weighted by atomic mass is 16.5. The Morgan fingerprint density at radius 2 is 1.91 bits per heavy atom. The molecule has 0 radical (unpaired) electrons. The van der Waals surface area contributed by atoms with Gasteiger partial charge in [0.15, 0.2) is 0 Å². The Bertz CT molecular complexity index is 1270. The summed E-state index contributed by atoms with van der Waals surface area (Å²) in [5, 5.41) is 10.4. The first-order valence-electron chi connectivity index (χ1n) is 17.7. The van der Waals surface area contributed by atoms with Crippen molar-refractivity contribution in [2.75, 3.05) is 13.1 Å². The molecule has 0 bridgehead atoms. The molecule has 4 nitrogen and oxygen atoms in total. The van der Waals surface area contributed by atoms with Crippen LogP contribution in [0.15, 0.2) is 53.1 Å². The predicted molar refractivity (Wildman–Crippen MR) is 173 cm³/mol. The summed E-state index contributed by atoms with van der Waals surface area (Å²) in [7, 11) is 0. The maximum Gasteiger partial charge on any atom is 0.133 e. The van der Waals surface area contributed by atoms with Crippen LogP contribution in [0.4, 0.5) is 0 Å². The topological polar surface area (TPSA) is 49.8 Å². The lowest BCUT2D eigenvalue weighted by Crippen LogP contribution is -2.52. The highest BCUT2D eigenvalue weighted by molar-refractivity contribution is 5.78. The second-order valence-corrected chi connectivity index (χ2v) is 15.8. The molecule has 0 aromatic heterocycles. The lowest BCUT2D eigenvalue weighted by molar-refractivity contribution is -0.119. The van der Waals surface area contributed by atoms with Crippen LogP contribution in [-0.2, 0) is 16.0 Å². The number of rotatable bonds is 7. The number of nitrogens with zero attached hydrogens (tertiary/aromatic N) is 1. The predicted octanol–water partition coefficient (Wildman–Crippen LogP) is 7.70. The summed E-state index contributed by atoms with van der Waals surface area (Å²) in [5.41, 5.74) is 6.29. The molecule has 0 unspecified atom stereocenters. The van der Waals surface area contributed by atoms with Gasteiger partial charge < -0.3 is 9.84 Å². The second-order valence-electron chi connectivity index (χ2n) is 15.8. The molecule has 234 valence electrons. The zero-order valence-electron chi connectivity index (χ0n) is 27.2. The molecule has 2 heterocycles. The van der Waals surface area contributed by atoms with Crippen molar-refractivity contribution < 1.29 is 14.6 Å². The molecule has 6 aliphatic rings. The van der Waals surface area contributed by atoms with Gasteiger partial charge >= 0.3 is 0 Å². The number of Topliss-reactive ketones (excluding diaryl/α,β-unsaturated/α-hetero) is 1. The number of piperidine rings is 1. The molecule has 4 heteroatoms. The van der Waals surface area contributed by atoms with Crippen molar-refractivity contribution in [1.82, 2.24) is 4.90 Å². The average molecular weight is 586 g/mol. The van der Waals surface area contributed by atoms with Crippen LogP contribution in [0.2, 0.25) is 0 Å². The minimum Gasteiger partial charge on any atom is -0.393 e. The number of fused-ring (bicyclic) bond motifs is 6. The van der Waals surface area contributed by atoms with Crippen LogP contribution in [0.25, 0.3) is 0 Å². The van der Waals surface area contributed by atoms with Gasteiger partial charge in [0.1, 0.15) is 5.78 Å². The minimum absolute atomic E-state index is 0.123. The SMILES string of the molecule is CC1=C2C[C@H]3[C@@H](CC=C4C[C@@H](O)CC[C@@]43C)[C@@H]2CC[C@]12O[C@@H]1C[C@H](C)CN(CCCC(=O)CCc3ccccc3)[C@H]1[C@H]2C. The van der Waals surface area contributed by atoms with Gasteiger partial charge in [0.25, 0.3) is 0 Å². The van der Waals surface area contributed by atoms with Crippen molar-refractivity contribution in [1.29, 1.82) is 0 Å². The monoisotopic (exact) mass is 585 g/mol. The van der Waals surface area contributed by atoms with Crippen molar-refractivity contribution in [3.63, 3.8) is 0 Å². The van der Waals surface area contributed by atoms with Gasteiger partial charge in [-0.2, -0.15) is 0 Å². The number of hydrogen-bond acceptors (Lipinski definition) is 4. The Labute approximate surface area is 260 Å². The molecule has 1 aromatic rings. The first kappa shape index (κ1) is 29.9. The van der Waals surface area contributed by atoms with Crippen molar-refractivity contribution in [3.8, 4) is 0 Å². The molecule has 1 N–H and O–H groups in total. The van der Waals surface area contributed by atoms with Crippen molar-refractivity contribution in [2.45, 2.75) is 129 Å². The van der Waals surface area contributed by atoms with Gasteiger partial charge in [0.2, 0.25) is 0 Å². The summed E-state index contributed by atoms with van der Waals surface area (Å²) in [6.45, 7) is 12.0. The summed E-state index contributed by atoms with van der Waals surface area (Å²) in [6, 6.07) is 10.9. The average Bonchev–Trinajstić information content (AvgIpc) is 3.51. The van der Waals surface area contributed by atoms with Crippen LogP contribution in [0.5, 0.6) is 0 Å². The first-order chi connectivity index (χ1) is 20.7. The maximum atomic E-state index is 12.8. The Morgan fingerprint density at radius 1 is 1.09 bits per heavy atom. The molecule has 2 saturated carbocycles.